The molecule has 4 heterocycles. The smallest absolute Gasteiger partial charge is 0.389 e. The minimum absolute atomic E-state index is 0. The van der Waals surface area contributed by atoms with Gasteiger partial charge in [-0.1, -0.05) is 32.9 Å². The molecule has 0 amide bonds. The Bertz CT molecular complexity index is 3630. The molecule has 0 saturated carbocycles. The zero-order chi connectivity index (χ0) is 54.2. The van der Waals surface area contributed by atoms with Crippen molar-refractivity contribution in [3.8, 4) is 22.9 Å². The Morgan fingerprint density at radius 2 is 1.04 bits per heavy atom. The van der Waals surface area contributed by atoms with Gasteiger partial charge in [-0.3, -0.25) is 18.7 Å². The maximum absolute atomic E-state index is 14.9. The van der Waals surface area contributed by atoms with E-state index in [9.17, 15) is 61.5 Å². The van der Waals surface area contributed by atoms with E-state index in [1.54, 1.807) is 0 Å². The van der Waals surface area contributed by atoms with E-state index in [-0.39, 0.29) is 110 Å². The zero-order valence-corrected chi connectivity index (χ0v) is 48.1. The van der Waals surface area contributed by atoms with Crippen LogP contribution in [0.25, 0.3) is 33.2 Å². The molecule has 0 N–H and O–H groups in total. The quantitative estimate of drug-likeness (QED) is 0.0410. The third kappa shape index (κ3) is 16.4. The second-order valence-electron chi connectivity index (χ2n) is 15.9. The second-order valence-corrected chi connectivity index (χ2v) is 21.8. The Hall–Kier alpha value is -5.27. The highest BCUT2D eigenvalue weighted by Gasteiger charge is 2.28. The summed E-state index contributed by atoms with van der Waals surface area (Å²) in [6.07, 6.45) is -7.67. The highest BCUT2D eigenvalue weighted by atomic mass is 127. The Kier molecular flexibility index (Phi) is 22.4. The van der Waals surface area contributed by atoms with Crippen LogP contribution in [0.5, 0.6) is 11.5 Å². The van der Waals surface area contributed by atoms with Crippen LogP contribution in [0.1, 0.15) is 42.6 Å². The van der Waals surface area contributed by atoms with Crippen molar-refractivity contribution in [1.29, 1.82) is 0 Å². The maximum Gasteiger partial charge on any atom is 0.389 e. The maximum atomic E-state index is 14.9. The molecule has 0 aliphatic rings. The Balaban J connectivity index is 0.000000284. The van der Waals surface area contributed by atoms with Gasteiger partial charge in [0.1, 0.15) is 47.2 Å². The molecule has 4 aromatic carbocycles. The predicted molar refractivity (Wildman–Crippen MR) is 290 cm³/mol. The monoisotopic (exact) mass is 1320 g/mol. The molecule has 0 aliphatic heterocycles. The van der Waals surface area contributed by atoms with Gasteiger partial charge < -0.3 is 18.5 Å². The van der Waals surface area contributed by atoms with Gasteiger partial charge in [0.2, 0.25) is 0 Å². The minimum Gasteiger partial charge on any atom is -0.495 e. The zero-order valence-electron chi connectivity index (χ0n) is 39.9. The van der Waals surface area contributed by atoms with E-state index >= 15 is 0 Å². The largest absolute Gasteiger partial charge is 0.495 e. The van der Waals surface area contributed by atoms with Crippen molar-refractivity contribution in [3.05, 3.63) is 163 Å². The van der Waals surface area contributed by atoms with E-state index in [0.717, 1.165) is 10.6 Å². The van der Waals surface area contributed by atoms with Crippen LogP contribution in [-0.4, -0.2) is 67.3 Å². The molecular weight excluding hydrogens is 1280 g/mol. The number of hydrogen-bond donors (Lipinski definition) is 0. The van der Waals surface area contributed by atoms with Crippen LogP contribution < -0.4 is 20.6 Å². The summed E-state index contributed by atoms with van der Waals surface area (Å²) in [6, 6.07) is 21.7. The number of pyridine rings is 2. The molecular formula is C48H46BrF8IN4O10P2S2. The van der Waals surface area contributed by atoms with Crippen LogP contribution in [0.3, 0.4) is 0 Å². The minimum atomic E-state index is -4.35. The summed E-state index contributed by atoms with van der Waals surface area (Å²) in [5.74, 6) is -1.70. The van der Waals surface area contributed by atoms with Gasteiger partial charge in [0, 0.05) is 60.0 Å². The van der Waals surface area contributed by atoms with Gasteiger partial charge in [-0.25, -0.2) is 25.6 Å². The molecule has 28 heteroatoms. The summed E-state index contributed by atoms with van der Waals surface area (Å²) >= 11 is 5.02. The number of alkyl halides is 7. The Labute approximate surface area is 457 Å². The molecule has 14 nitrogen and oxygen atoms in total. The lowest BCUT2D eigenvalue weighted by Crippen LogP contribution is -2.19. The molecule has 8 aromatic rings. The molecule has 8 rings (SSSR count). The normalized spacial score (nSPS) is 11.7. The molecule has 0 radical (unpaired) electrons. The van der Waals surface area contributed by atoms with Crippen molar-refractivity contribution in [2.24, 2.45) is 0 Å². The molecule has 0 bridgehead atoms. The van der Waals surface area contributed by atoms with Crippen LogP contribution in [0.2, 0.25) is 0 Å². The van der Waals surface area contributed by atoms with Crippen molar-refractivity contribution in [3.63, 3.8) is 0 Å². The first-order chi connectivity index (χ1) is 34.8. The van der Waals surface area contributed by atoms with Crippen LogP contribution >= 0.6 is 58.3 Å². The van der Waals surface area contributed by atoms with Crippen molar-refractivity contribution >= 4 is 99.8 Å². The van der Waals surface area contributed by atoms with Crippen molar-refractivity contribution in [2.75, 3.05) is 18.6 Å². The number of sulfone groups is 2. The van der Waals surface area contributed by atoms with E-state index < -0.39 is 67.6 Å². The Morgan fingerprint density at radius 3 is 1.43 bits per heavy atom. The lowest BCUT2D eigenvalue weighted by atomic mass is 10.1. The highest BCUT2D eigenvalue weighted by molar-refractivity contribution is 14.1. The summed E-state index contributed by atoms with van der Waals surface area (Å²) < 4.78 is 174. The standard InChI is InChI=1S/C24H20F4N2O5S.C20H14BrFN2O5S.C4H6F3I.2H3P/c1-34-22-12-15(3-2-9-24(26,27)28)19(25)13-21(22)30-20-6-5-18(11-16(20)4-7-23(30)31)36(32,33)14-17-8-10-35-29-17;1-28-19-9-15(21)16(22)10-18(19)24-17-4-3-14(8-12(17)2-5-20(24)25)30(26,27)11-13-6-7-29-23-13;5-4(6,7)2-1-3-8;;/h4-8,10-13H,2-3,9,14H2,1H3;2-10H,11H2,1H3;1-3H2;2*1H3. The topological polar surface area (TPSA) is 183 Å². The summed E-state index contributed by atoms with van der Waals surface area (Å²) in [5.41, 5.74) is 0.507. The first-order valence-corrected chi connectivity index (χ1v) is 27.1. The number of hydrogen-bond acceptors (Lipinski definition) is 12. The SMILES string of the molecule is COc1cc(Br)c(F)cc1-n1c(=O)ccc2cc(S(=O)(=O)Cc3ccon3)ccc21.COc1cc(CCCC(F)(F)F)c(F)cc1-n1c(=O)ccc2cc(S(=O)(=O)Cc3ccon3)ccc21.FC(F)(F)CCCI.P.P. The Morgan fingerprint density at radius 1 is 0.605 bits per heavy atom. The molecule has 2 atom stereocenters. The molecule has 410 valence electrons. The van der Waals surface area contributed by atoms with Crippen LogP contribution in [0.15, 0.2) is 142 Å². The van der Waals surface area contributed by atoms with E-state index in [2.05, 4.69) is 35.3 Å². The highest BCUT2D eigenvalue weighted by Crippen LogP contribution is 2.33. The number of methoxy groups -OCH3 is 2. The summed E-state index contributed by atoms with van der Waals surface area (Å²) in [5, 5.41) is 8.12. The molecule has 4 aromatic heterocycles. The van der Waals surface area contributed by atoms with Gasteiger partial charge in [0.15, 0.2) is 19.7 Å². The number of aromatic nitrogens is 4. The fourth-order valence-corrected chi connectivity index (χ4v) is 10.5. The van der Waals surface area contributed by atoms with Gasteiger partial charge in [0.05, 0.1) is 62.3 Å². The number of benzene rings is 4. The average Bonchev–Trinajstić information content (AvgIpc) is 4.06. The first kappa shape index (κ1) is 63.3. The number of fused-ring (bicyclic) bond motifs is 2. The third-order valence-electron chi connectivity index (χ3n) is 10.7. The average molecular weight is 1320 g/mol. The van der Waals surface area contributed by atoms with Crippen LogP contribution in [0.4, 0.5) is 35.1 Å². The van der Waals surface area contributed by atoms with Crippen molar-refractivity contribution < 1.29 is 70.5 Å². The van der Waals surface area contributed by atoms with Gasteiger partial charge in [0.25, 0.3) is 11.1 Å². The lowest BCUT2D eigenvalue weighted by Gasteiger charge is -2.16. The van der Waals surface area contributed by atoms with E-state index in [0.29, 0.717) is 20.7 Å². The summed E-state index contributed by atoms with van der Waals surface area (Å²) in [7, 11) is -4.77. The molecule has 0 saturated heterocycles. The van der Waals surface area contributed by atoms with E-state index in [1.807, 2.05) is 22.6 Å². The van der Waals surface area contributed by atoms with E-state index in [1.165, 1.54) is 122 Å². The molecule has 76 heavy (non-hydrogen) atoms. The molecule has 2 unspecified atom stereocenters. The van der Waals surface area contributed by atoms with Crippen LogP contribution in [-0.2, 0) is 37.6 Å². The second kappa shape index (κ2) is 26.9. The van der Waals surface area contributed by atoms with Gasteiger partial charge in [-0.2, -0.15) is 46.1 Å². The molecule has 0 aliphatic carbocycles. The van der Waals surface area contributed by atoms with Gasteiger partial charge >= 0.3 is 12.4 Å². The predicted octanol–water partition coefficient (Wildman–Crippen LogP) is 11.7. The number of ether oxygens (including phenoxy) is 2. The number of halogens is 10. The molecule has 0 spiro atoms. The first-order valence-electron chi connectivity index (χ1n) is 21.5. The lowest BCUT2D eigenvalue weighted by molar-refractivity contribution is -0.135. The van der Waals surface area contributed by atoms with E-state index in [4.69, 9.17) is 9.47 Å². The van der Waals surface area contributed by atoms with Crippen molar-refractivity contribution in [2.45, 2.75) is 65.8 Å². The number of nitrogens with zero attached hydrogens (tertiary/aromatic N) is 4. The summed E-state index contributed by atoms with van der Waals surface area (Å²) in [4.78, 5) is 25.5. The van der Waals surface area contributed by atoms with Gasteiger partial charge in [-0.05, 0) is 106 Å². The van der Waals surface area contributed by atoms with Crippen LogP contribution in [0, 0.1) is 11.6 Å². The summed E-state index contributed by atoms with van der Waals surface area (Å²) in [6.45, 7) is 0. The van der Waals surface area contributed by atoms with Crippen molar-refractivity contribution in [1.82, 2.24) is 19.4 Å². The fraction of sp³-hybridized carbons (Fsp3) is 0.250. The fourth-order valence-electron chi connectivity index (χ4n) is 7.23. The van der Waals surface area contributed by atoms with Gasteiger partial charge in [-0.15, -0.1) is 0 Å². The number of rotatable bonds is 15. The third-order valence-corrected chi connectivity index (χ3v) is 15.3. The molecule has 0 fully saturated rings. The number of aryl methyl sites for hydroxylation is 1.